The fourth-order valence-corrected chi connectivity index (χ4v) is 3.45. The number of nitrogens with zero attached hydrogens (tertiary/aromatic N) is 4. The Bertz CT molecular complexity index is 721. The highest BCUT2D eigenvalue weighted by molar-refractivity contribution is 5.50. The van der Waals surface area contributed by atoms with E-state index in [0.717, 1.165) is 49.7 Å². The van der Waals surface area contributed by atoms with Crippen molar-refractivity contribution in [2.24, 2.45) is 0 Å². The van der Waals surface area contributed by atoms with Gasteiger partial charge in [0, 0.05) is 38.2 Å². The number of benzene rings is 1. The van der Waals surface area contributed by atoms with Crippen LogP contribution in [0.25, 0.3) is 0 Å². The summed E-state index contributed by atoms with van der Waals surface area (Å²) in [6.45, 7) is 4.08. The third kappa shape index (κ3) is 2.99. The molecule has 1 fully saturated rings. The Morgan fingerprint density at radius 3 is 2.83 bits per heavy atom. The maximum Gasteiger partial charge on any atom is 0.136 e. The van der Waals surface area contributed by atoms with Gasteiger partial charge in [0.05, 0.1) is 12.3 Å². The van der Waals surface area contributed by atoms with Gasteiger partial charge in [-0.2, -0.15) is 0 Å². The molecule has 0 N–H and O–H groups in total. The van der Waals surface area contributed by atoms with Gasteiger partial charge in [0.15, 0.2) is 0 Å². The van der Waals surface area contributed by atoms with Crippen LogP contribution in [0.1, 0.15) is 22.9 Å². The minimum Gasteiger partial charge on any atom is -0.370 e. The van der Waals surface area contributed by atoms with Crippen LogP contribution in [0.2, 0.25) is 0 Å². The van der Waals surface area contributed by atoms with E-state index in [1.54, 1.807) is 18.5 Å². The van der Waals surface area contributed by atoms with Crippen LogP contribution in [0.5, 0.6) is 0 Å². The van der Waals surface area contributed by atoms with Crippen LogP contribution < -0.4 is 4.90 Å². The Balaban J connectivity index is 1.60. The number of fused-ring (bicyclic) bond motifs is 1. The van der Waals surface area contributed by atoms with E-state index in [1.165, 1.54) is 17.7 Å². The molecule has 0 unspecified atom stereocenters. The molecule has 3 heterocycles. The molecule has 1 aromatic heterocycles. The van der Waals surface area contributed by atoms with E-state index in [2.05, 4.69) is 26.8 Å². The molecule has 1 atom stereocenters. The van der Waals surface area contributed by atoms with Crippen molar-refractivity contribution in [2.75, 3.05) is 38.2 Å². The first kappa shape index (κ1) is 15.5. The van der Waals surface area contributed by atoms with Crippen LogP contribution in [0.15, 0.2) is 30.6 Å². The lowest BCUT2D eigenvalue weighted by Crippen LogP contribution is -2.40. The number of hydrogen-bond acceptors (Lipinski definition) is 5. The Hall–Kier alpha value is -2.05. The summed E-state index contributed by atoms with van der Waals surface area (Å²) in [4.78, 5) is 13.6. The maximum atomic E-state index is 13.1. The molecule has 2 aromatic rings. The summed E-state index contributed by atoms with van der Waals surface area (Å²) in [6.07, 6.45) is 2.57. The third-order valence-corrected chi connectivity index (χ3v) is 4.78. The number of morpholine rings is 1. The summed E-state index contributed by atoms with van der Waals surface area (Å²) in [6, 6.07) is 6.57. The smallest absolute Gasteiger partial charge is 0.136 e. The van der Waals surface area contributed by atoms with E-state index in [9.17, 15) is 4.39 Å². The molecule has 5 nitrogen and oxygen atoms in total. The van der Waals surface area contributed by atoms with Crippen molar-refractivity contribution >= 4 is 5.82 Å². The highest BCUT2D eigenvalue weighted by Gasteiger charge is 2.27. The number of rotatable bonds is 2. The molecule has 0 aliphatic carbocycles. The summed E-state index contributed by atoms with van der Waals surface area (Å²) in [7, 11) is 2.13. The lowest BCUT2D eigenvalue weighted by atomic mass is 10.0. The number of anilines is 1. The summed E-state index contributed by atoms with van der Waals surface area (Å²) < 4.78 is 19.1. The van der Waals surface area contributed by atoms with Crippen molar-refractivity contribution in [3.05, 3.63) is 53.2 Å². The van der Waals surface area contributed by atoms with E-state index in [-0.39, 0.29) is 11.9 Å². The largest absolute Gasteiger partial charge is 0.370 e. The molecule has 4 rings (SSSR count). The molecule has 0 saturated carbocycles. The quantitative estimate of drug-likeness (QED) is 0.845. The molecule has 0 radical (unpaired) electrons. The average Bonchev–Trinajstić information content (AvgIpc) is 2.62. The van der Waals surface area contributed by atoms with Gasteiger partial charge in [-0.15, -0.1) is 0 Å². The number of likely N-dealkylation sites (N-methyl/N-ethyl adjacent to an activating group) is 1. The van der Waals surface area contributed by atoms with E-state index < -0.39 is 0 Å². The molecule has 1 aromatic carbocycles. The molecule has 1 saturated heterocycles. The molecule has 0 amide bonds. The molecule has 2 aliphatic heterocycles. The topological polar surface area (TPSA) is 41.5 Å². The van der Waals surface area contributed by atoms with Gasteiger partial charge in [-0.05, 0) is 24.7 Å². The second-order valence-corrected chi connectivity index (χ2v) is 6.47. The molecule has 2 aliphatic rings. The van der Waals surface area contributed by atoms with Gasteiger partial charge in [-0.1, -0.05) is 12.1 Å². The predicted molar refractivity (Wildman–Crippen MR) is 89.4 cm³/mol. The van der Waals surface area contributed by atoms with Crippen molar-refractivity contribution in [2.45, 2.75) is 19.1 Å². The lowest BCUT2D eigenvalue weighted by Gasteiger charge is -2.36. The first-order valence-electron chi connectivity index (χ1n) is 8.34. The van der Waals surface area contributed by atoms with Crippen molar-refractivity contribution in [1.29, 1.82) is 0 Å². The Labute approximate surface area is 141 Å². The van der Waals surface area contributed by atoms with E-state index in [0.29, 0.717) is 6.61 Å². The minimum atomic E-state index is -0.223. The monoisotopic (exact) mass is 328 g/mol. The van der Waals surface area contributed by atoms with E-state index >= 15 is 0 Å². The standard InChI is InChI=1S/C18H21FN4O/c1-22-7-6-16-15(10-22)18(21-12-20-16)23-8-9-24-17(11-23)13-2-4-14(19)5-3-13/h2-5,12,17H,6-11H2,1H3/t17-/m1/s1. The first-order chi connectivity index (χ1) is 11.7. The summed E-state index contributed by atoms with van der Waals surface area (Å²) >= 11 is 0. The summed E-state index contributed by atoms with van der Waals surface area (Å²) in [5, 5.41) is 0. The number of ether oxygens (including phenoxy) is 1. The second-order valence-electron chi connectivity index (χ2n) is 6.47. The zero-order valence-corrected chi connectivity index (χ0v) is 13.8. The van der Waals surface area contributed by atoms with Gasteiger partial charge in [-0.25, -0.2) is 14.4 Å². The van der Waals surface area contributed by atoms with Crippen molar-refractivity contribution in [3.63, 3.8) is 0 Å². The Morgan fingerprint density at radius 2 is 2.00 bits per heavy atom. The fraction of sp³-hybridized carbons (Fsp3) is 0.444. The zero-order valence-electron chi connectivity index (χ0n) is 13.8. The number of hydrogen-bond donors (Lipinski definition) is 0. The van der Waals surface area contributed by atoms with Crippen LogP contribution >= 0.6 is 0 Å². The van der Waals surface area contributed by atoms with Gasteiger partial charge < -0.3 is 14.5 Å². The van der Waals surface area contributed by atoms with E-state index in [1.807, 2.05) is 0 Å². The number of halogens is 1. The van der Waals surface area contributed by atoms with Crippen LogP contribution in [0.4, 0.5) is 10.2 Å². The van der Waals surface area contributed by atoms with Gasteiger partial charge in [-0.3, -0.25) is 0 Å². The second kappa shape index (κ2) is 6.45. The summed E-state index contributed by atoms with van der Waals surface area (Å²) in [5.74, 6) is 0.793. The van der Waals surface area contributed by atoms with Crippen LogP contribution in [-0.4, -0.2) is 48.2 Å². The SMILES string of the molecule is CN1CCc2ncnc(N3CCO[C@@H](c4ccc(F)cc4)C3)c2C1. The van der Waals surface area contributed by atoms with Gasteiger partial charge in [0.2, 0.25) is 0 Å². The molecule has 6 heteroatoms. The molecule has 0 spiro atoms. The normalized spacial score (nSPS) is 21.6. The van der Waals surface area contributed by atoms with Crippen LogP contribution in [0, 0.1) is 5.82 Å². The van der Waals surface area contributed by atoms with Crippen molar-refractivity contribution in [3.8, 4) is 0 Å². The van der Waals surface area contributed by atoms with Crippen molar-refractivity contribution in [1.82, 2.24) is 14.9 Å². The highest BCUT2D eigenvalue weighted by atomic mass is 19.1. The van der Waals surface area contributed by atoms with Gasteiger partial charge in [0.1, 0.15) is 24.1 Å². The predicted octanol–water partition coefficient (Wildman–Crippen LogP) is 2.18. The average molecular weight is 328 g/mol. The first-order valence-corrected chi connectivity index (χ1v) is 8.34. The van der Waals surface area contributed by atoms with E-state index in [4.69, 9.17) is 4.74 Å². The highest BCUT2D eigenvalue weighted by Crippen LogP contribution is 2.30. The molecular weight excluding hydrogens is 307 g/mol. The Kier molecular flexibility index (Phi) is 4.16. The molecule has 0 bridgehead atoms. The molecule has 126 valence electrons. The van der Waals surface area contributed by atoms with Gasteiger partial charge in [0.25, 0.3) is 0 Å². The summed E-state index contributed by atoms with van der Waals surface area (Å²) in [5.41, 5.74) is 3.38. The number of aromatic nitrogens is 2. The van der Waals surface area contributed by atoms with Crippen molar-refractivity contribution < 1.29 is 9.13 Å². The van der Waals surface area contributed by atoms with Crippen LogP contribution in [0.3, 0.4) is 0 Å². The molecule has 24 heavy (non-hydrogen) atoms. The minimum absolute atomic E-state index is 0.0636. The zero-order chi connectivity index (χ0) is 16.5. The third-order valence-electron chi connectivity index (χ3n) is 4.78. The Morgan fingerprint density at radius 1 is 1.17 bits per heavy atom. The van der Waals surface area contributed by atoms with Crippen LogP contribution in [-0.2, 0) is 17.7 Å². The van der Waals surface area contributed by atoms with Gasteiger partial charge >= 0.3 is 0 Å². The molecular formula is C18H21FN4O. The maximum absolute atomic E-state index is 13.1. The lowest BCUT2D eigenvalue weighted by molar-refractivity contribution is 0.0393. The fourth-order valence-electron chi connectivity index (χ4n) is 3.45.